The first-order chi connectivity index (χ1) is 11.9. The first-order valence-corrected chi connectivity index (χ1v) is 8.49. The monoisotopic (exact) mass is 366 g/mol. The van der Waals surface area contributed by atoms with Gasteiger partial charge in [-0.15, -0.1) is 11.3 Å². The minimum atomic E-state index is -0.576. The van der Waals surface area contributed by atoms with E-state index >= 15 is 0 Å². The van der Waals surface area contributed by atoms with E-state index in [2.05, 4.69) is 20.3 Å². The van der Waals surface area contributed by atoms with Gasteiger partial charge in [0.15, 0.2) is 5.13 Å². The highest BCUT2D eigenvalue weighted by atomic mass is 32.1. The lowest BCUT2D eigenvalue weighted by Crippen LogP contribution is -2.27. The fourth-order valence-electron chi connectivity index (χ4n) is 2.15. The average Bonchev–Trinajstić information content (AvgIpc) is 2.93. The van der Waals surface area contributed by atoms with Gasteiger partial charge < -0.3 is 15.0 Å². The molecule has 0 fully saturated rings. The first-order valence-electron chi connectivity index (χ1n) is 7.61. The summed E-state index contributed by atoms with van der Waals surface area (Å²) >= 11 is 1.20. The van der Waals surface area contributed by atoms with Crippen molar-refractivity contribution in [2.45, 2.75) is 33.1 Å². The number of H-pyrrole nitrogens is 2. The second-order valence-corrected chi connectivity index (χ2v) is 6.04. The summed E-state index contributed by atoms with van der Waals surface area (Å²) in [5, 5.41) is 4.66. The van der Waals surface area contributed by atoms with E-state index in [0.29, 0.717) is 28.7 Å². The number of nitrogens with one attached hydrogen (secondary N) is 3. The Morgan fingerprint density at radius 3 is 2.76 bits per heavy atom. The zero-order valence-corrected chi connectivity index (χ0v) is 14.6. The van der Waals surface area contributed by atoms with E-state index in [4.69, 9.17) is 4.74 Å². The Labute approximate surface area is 146 Å². The van der Waals surface area contributed by atoms with Crippen molar-refractivity contribution in [1.29, 1.82) is 0 Å². The maximum atomic E-state index is 12.0. The van der Waals surface area contributed by atoms with Gasteiger partial charge in [-0.05, 0) is 20.3 Å². The van der Waals surface area contributed by atoms with Crippen molar-refractivity contribution in [1.82, 2.24) is 15.0 Å². The molecule has 10 heteroatoms. The number of carbonyl (C=O) groups is 2. The van der Waals surface area contributed by atoms with Crippen LogP contribution in [0.1, 0.15) is 30.3 Å². The molecule has 0 radical (unpaired) electrons. The van der Waals surface area contributed by atoms with Crippen LogP contribution in [0.25, 0.3) is 0 Å². The molecule has 0 unspecified atom stereocenters. The van der Waals surface area contributed by atoms with Crippen LogP contribution in [0, 0.1) is 6.92 Å². The van der Waals surface area contributed by atoms with E-state index < -0.39 is 11.2 Å². The zero-order chi connectivity index (χ0) is 18.4. The van der Waals surface area contributed by atoms with E-state index in [1.807, 2.05) is 0 Å². The SMILES string of the molecule is CCOC(=O)Cc1csc(NC(=O)CCc2c(C)[nH]c(=O)[nH]c2=O)n1. The minimum absolute atomic E-state index is 0.0478. The molecule has 2 aromatic rings. The first kappa shape index (κ1) is 18.6. The van der Waals surface area contributed by atoms with Gasteiger partial charge in [0.1, 0.15) is 0 Å². The topological polar surface area (TPSA) is 134 Å². The van der Waals surface area contributed by atoms with Crippen LogP contribution >= 0.6 is 11.3 Å². The van der Waals surface area contributed by atoms with Gasteiger partial charge in [-0.25, -0.2) is 9.78 Å². The number of aromatic amines is 2. The number of hydrogen-bond donors (Lipinski definition) is 3. The summed E-state index contributed by atoms with van der Waals surface area (Å²) in [6.45, 7) is 3.63. The quantitative estimate of drug-likeness (QED) is 0.611. The highest BCUT2D eigenvalue weighted by Crippen LogP contribution is 2.16. The van der Waals surface area contributed by atoms with Crippen LogP contribution in [-0.4, -0.2) is 33.4 Å². The van der Waals surface area contributed by atoms with E-state index in [1.54, 1.807) is 19.2 Å². The Kier molecular flexibility index (Phi) is 6.23. The van der Waals surface area contributed by atoms with Crippen molar-refractivity contribution in [2.24, 2.45) is 0 Å². The summed E-state index contributed by atoms with van der Waals surface area (Å²) in [6.07, 6.45) is 0.291. The molecule has 0 aliphatic carbocycles. The molecule has 134 valence electrons. The van der Waals surface area contributed by atoms with Crippen LogP contribution in [0.4, 0.5) is 5.13 Å². The number of anilines is 1. The number of nitrogens with zero attached hydrogens (tertiary/aromatic N) is 1. The molecule has 0 aliphatic rings. The molecule has 2 aromatic heterocycles. The van der Waals surface area contributed by atoms with E-state index in [9.17, 15) is 19.2 Å². The number of hydrogen-bond acceptors (Lipinski definition) is 7. The van der Waals surface area contributed by atoms with Crippen molar-refractivity contribution >= 4 is 28.3 Å². The second-order valence-electron chi connectivity index (χ2n) is 5.19. The third kappa shape index (κ3) is 5.38. The van der Waals surface area contributed by atoms with Crippen LogP contribution < -0.4 is 16.6 Å². The summed E-state index contributed by atoms with van der Waals surface area (Å²) in [7, 11) is 0. The van der Waals surface area contributed by atoms with Gasteiger partial charge in [0.05, 0.1) is 18.7 Å². The molecule has 0 spiro atoms. The number of aryl methyl sites for hydroxylation is 1. The highest BCUT2D eigenvalue weighted by Gasteiger charge is 2.12. The fourth-order valence-corrected chi connectivity index (χ4v) is 2.88. The number of rotatable bonds is 7. The number of esters is 1. The van der Waals surface area contributed by atoms with Gasteiger partial charge in [0, 0.05) is 23.1 Å². The number of amides is 1. The Hall–Kier alpha value is -2.75. The minimum Gasteiger partial charge on any atom is -0.466 e. The van der Waals surface area contributed by atoms with Crippen LogP contribution in [0.3, 0.4) is 0 Å². The fraction of sp³-hybridized carbons (Fsp3) is 0.400. The molecule has 0 saturated carbocycles. The largest absolute Gasteiger partial charge is 0.466 e. The predicted octanol–water partition coefficient (Wildman–Crippen LogP) is 0.505. The van der Waals surface area contributed by atoms with Gasteiger partial charge in [-0.1, -0.05) is 0 Å². The Morgan fingerprint density at radius 2 is 2.08 bits per heavy atom. The van der Waals surface area contributed by atoms with Crippen LogP contribution in [-0.2, 0) is 27.2 Å². The lowest BCUT2D eigenvalue weighted by Gasteiger charge is -2.04. The normalized spacial score (nSPS) is 10.5. The van der Waals surface area contributed by atoms with Gasteiger partial charge in [0.25, 0.3) is 5.56 Å². The number of ether oxygens (including phenoxy) is 1. The Morgan fingerprint density at radius 1 is 1.32 bits per heavy atom. The standard InChI is InChI=1S/C15H18N4O5S/c1-3-24-12(21)6-9-7-25-15(17-9)18-11(20)5-4-10-8(2)16-14(23)19-13(10)22/h7H,3-6H2,1-2H3,(H,17,18,20)(H2,16,19,22,23). The van der Waals surface area contributed by atoms with Crippen molar-refractivity contribution < 1.29 is 14.3 Å². The summed E-state index contributed by atoms with van der Waals surface area (Å²) in [5.74, 6) is -0.694. The number of thiazole rings is 1. The van der Waals surface area contributed by atoms with Crippen molar-refractivity contribution in [3.05, 3.63) is 43.2 Å². The van der Waals surface area contributed by atoms with Crippen LogP contribution in [0.2, 0.25) is 0 Å². The van der Waals surface area contributed by atoms with E-state index in [0.717, 1.165) is 0 Å². The molecule has 0 aromatic carbocycles. The Bertz CT molecular complexity index is 883. The van der Waals surface area contributed by atoms with E-state index in [1.165, 1.54) is 11.3 Å². The highest BCUT2D eigenvalue weighted by molar-refractivity contribution is 7.13. The Balaban J connectivity index is 1.91. The van der Waals surface area contributed by atoms with Gasteiger partial charge >= 0.3 is 11.7 Å². The molecule has 25 heavy (non-hydrogen) atoms. The molecule has 2 rings (SSSR count). The van der Waals surface area contributed by atoms with Crippen molar-refractivity contribution in [2.75, 3.05) is 11.9 Å². The lowest BCUT2D eigenvalue weighted by molar-refractivity contribution is -0.142. The van der Waals surface area contributed by atoms with Gasteiger partial charge in [-0.3, -0.25) is 19.4 Å². The molecule has 3 N–H and O–H groups in total. The van der Waals surface area contributed by atoms with Gasteiger partial charge in [0.2, 0.25) is 5.91 Å². The molecule has 2 heterocycles. The van der Waals surface area contributed by atoms with Crippen molar-refractivity contribution in [3.63, 3.8) is 0 Å². The molecule has 1 amide bonds. The smallest absolute Gasteiger partial charge is 0.325 e. The molecule has 0 bridgehead atoms. The number of carbonyl (C=O) groups excluding carboxylic acids is 2. The summed E-state index contributed by atoms with van der Waals surface area (Å²) in [4.78, 5) is 55.0. The summed E-state index contributed by atoms with van der Waals surface area (Å²) in [6, 6.07) is 0. The lowest BCUT2D eigenvalue weighted by atomic mass is 10.1. The predicted molar refractivity (Wildman–Crippen MR) is 91.8 cm³/mol. The number of aromatic nitrogens is 3. The molecular formula is C15H18N4O5S. The molecule has 0 saturated heterocycles. The second kappa shape index (κ2) is 8.38. The maximum absolute atomic E-state index is 12.0. The maximum Gasteiger partial charge on any atom is 0.325 e. The molecular weight excluding hydrogens is 348 g/mol. The molecule has 0 aliphatic heterocycles. The average molecular weight is 366 g/mol. The molecule has 0 atom stereocenters. The van der Waals surface area contributed by atoms with Crippen LogP contribution in [0.5, 0.6) is 0 Å². The zero-order valence-electron chi connectivity index (χ0n) is 13.8. The van der Waals surface area contributed by atoms with E-state index in [-0.39, 0.29) is 31.1 Å². The molecule has 9 nitrogen and oxygen atoms in total. The summed E-state index contributed by atoms with van der Waals surface area (Å²) in [5.41, 5.74) is 0.240. The third-order valence-corrected chi connectivity index (χ3v) is 4.09. The summed E-state index contributed by atoms with van der Waals surface area (Å²) < 4.78 is 4.84. The van der Waals surface area contributed by atoms with Crippen LogP contribution in [0.15, 0.2) is 15.0 Å². The van der Waals surface area contributed by atoms with Gasteiger partial charge in [-0.2, -0.15) is 0 Å². The third-order valence-electron chi connectivity index (χ3n) is 3.29. The van der Waals surface area contributed by atoms with Crippen molar-refractivity contribution in [3.8, 4) is 0 Å².